The lowest BCUT2D eigenvalue weighted by Crippen LogP contribution is -2.40. The molecule has 1 aromatic carbocycles. The van der Waals surface area contributed by atoms with Gasteiger partial charge >= 0.3 is 5.97 Å². The predicted octanol–water partition coefficient (Wildman–Crippen LogP) is 5.68. The number of aliphatic carboxylic acids is 1. The Hall–Kier alpha value is -2.61. The van der Waals surface area contributed by atoms with Crippen LogP contribution in [-0.4, -0.2) is 35.5 Å². The van der Waals surface area contributed by atoms with Crippen molar-refractivity contribution in [2.75, 3.05) is 13.2 Å². The molecule has 3 rings (SSSR count). The molecule has 4 heteroatoms. The van der Waals surface area contributed by atoms with Crippen molar-refractivity contribution in [3.05, 3.63) is 71.8 Å². The minimum Gasteiger partial charge on any atom is -0.480 e. The topological polar surface area (TPSA) is 66.8 Å². The van der Waals surface area contributed by atoms with Gasteiger partial charge in [0, 0.05) is 22.8 Å². The van der Waals surface area contributed by atoms with Crippen molar-refractivity contribution in [3.63, 3.8) is 0 Å². The van der Waals surface area contributed by atoms with E-state index in [9.17, 15) is 9.90 Å². The van der Waals surface area contributed by atoms with Crippen molar-refractivity contribution in [2.24, 2.45) is 10.8 Å². The number of aliphatic hydroxyl groups is 1. The van der Waals surface area contributed by atoms with Gasteiger partial charge in [0.25, 0.3) is 0 Å². The van der Waals surface area contributed by atoms with Gasteiger partial charge in [0.1, 0.15) is 6.61 Å². The number of carbonyl (C=O) groups is 1. The molecule has 2 aliphatic rings. The molecule has 0 spiro atoms. The van der Waals surface area contributed by atoms with Crippen LogP contribution in [0.5, 0.6) is 0 Å². The number of carboxylic acid groups (broad SMARTS) is 1. The monoisotopic (exact) mass is 448 g/mol. The Labute approximate surface area is 198 Å². The van der Waals surface area contributed by atoms with E-state index in [1.807, 2.05) is 54.6 Å². The first-order valence-electron chi connectivity index (χ1n) is 12.0. The molecule has 0 aliphatic heterocycles. The van der Waals surface area contributed by atoms with Crippen molar-refractivity contribution in [1.82, 2.24) is 0 Å². The molecule has 0 amide bonds. The molecule has 2 aliphatic carbocycles. The first-order chi connectivity index (χ1) is 15.9. The fourth-order valence-electron chi connectivity index (χ4n) is 4.78. The lowest BCUT2D eigenvalue weighted by molar-refractivity contribution is -0.141. The van der Waals surface area contributed by atoms with E-state index in [1.54, 1.807) is 0 Å². The number of ether oxygens (including phenoxy) is 1. The molecule has 4 nitrogen and oxygen atoms in total. The molecule has 0 aromatic heterocycles. The summed E-state index contributed by atoms with van der Waals surface area (Å²) >= 11 is 0. The summed E-state index contributed by atoms with van der Waals surface area (Å²) in [6.07, 6.45) is 17.9. The second-order valence-corrected chi connectivity index (χ2v) is 9.51. The summed E-state index contributed by atoms with van der Waals surface area (Å²) in [6, 6.07) is 9.98. The fraction of sp³-hybridized carbons (Fsp3) is 0.483. The van der Waals surface area contributed by atoms with E-state index >= 15 is 0 Å². The Morgan fingerprint density at radius 1 is 1.15 bits per heavy atom. The van der Waals surface area contributed by atoms with Gasteiger partial charge in [-0.1, -0.05) is 85.8 Å². The van der Waals surface area contributed by atoms with Gasteiger partial charge in [-0.05, 0) is 44.2 Å². The first kappa shape index (κ1) is 25.0. The van der Waals surface area contributed by atoms with E-state index in [-0.39, 0.29) is 17.4 Å². The summed E-state index contributed by atoms with van der Waals surface area (Å²) < 4.78 is 5.21. The lowest BCUT2D eigenvalue weighted by Gasteiger charge is -2.43. The number of hydrogen-bond acceptors (Lipinski definition) is 3. The molecule has 2 fully saturated rings. The smallest absolute Gasteiger partial charge is 0.329 e. The van der Waals surface area contributed by atoms with Crippen LogP contribution in [0, 0.1) is 22.7 Å². The SMILES string of the molecule is CC1(/C=C/C=C/C(O)C2(CC#Cc3ccccc3)CCC2)CCCC/C1=C\COCC(=O)O. The lowest BCUT2D eigenvalue weighted by atomic mass is 9.63. The molecular formula is C29H36O4. The number of aliphatic hydroxyl groups excluding tert-OH is 1. The zero-order valence-electron chi connectivity index (χ0n) is 19.6. The standard InChI is InChI=1S/C29H36O4/c1-28(17-7-5-14-25(28)16-22-33-23-27(31)32)18-8-6-15-26(30)29(20-10-21-29)19-9-13-24-11-3-2-4-12-24/h2-4,6,8,11-12,15-16,18,26,30H,5,7,10,14,17,19-23H2,1H3,(H,31,32)/b15-6+,18-8+,25-16+. The number of allylic oxidation sites excluding steroid dienone is 4. The Morgan fingerprint density at radius 3 is 2.64 bits per heavy atom. The molecular weight excluding hydrogens is 412 g/mol. The third-order valence-corrected chi connectivity index (χ3v) is 7.09. The molecule has 2 unspecified atom stereocenters. The maximum Gasteiger partial charge on any atom is 0.329 e. The quantitative estimate of drug-likeness (QED) is 0.221. The van der Waals surface area contributed by atoms with Crippen LogP contribution in [0.2, 0.25) is 0 Å². The summed E-state index contributed by atoms with van der Waals surface area (Å²) in [5.74, 6) is 5.57. The van der Waals surface area contributed by atoms with E-state index in [0.717, 1.165) is 44.1 Å². The molecule has 0 bridgehead atoms. The van der Waals surface area contributed by atoms with Gasteiger partial charge in [0.15, 0.2) is 0 Å². The molecule has 33 heavy (non-hydrogen) atoms. The molecule has 0 radical (unpaired) electrons. The maximum atomic E-state index is 10.9. The van der Waals surface area contributed by atoms with E-state index < -0.39 is 12.1 Å². The highest BCUT2D eigenvalue weighted by molar-refractivity contribution is 5.68. The second-order valence-electron chi connectivity index (χ2n) is 9.51. The number of carboxylic acids is 1. The fourth-order valence-corrected chi connectivity index (χ4v) is 4.78. The van der Waals surface area contributed by atoms with Gasteiger partial charge in [-0.15, -0.1) is 0 Å². The molecule has 2 N–H and O–H groups in total. The first-order valence-corrected chi connectivity index (χ1v) is 12.0. The summed E-state index contributed by atoms with van der Waals surface area (Å²) in [4.78, 5) is 10.6. The summed E-state index contributed by atoms with van der Waals surface area (Å²) in [6.45, 7) is 2.28. The van der Waals surface area contributed by atoms with Crippen molar-refractivity contribution in [2.45, 2.75) is 64.4 Å². The zero-order valence-corrected chi connectivity index (χ0v) is 19.6. The van der Waals surface area contributed by atoms with Crippen molar-refractivity contribution >= 4 is 5.97 Å². The van der Waals surface area contributed by atoms with Crippen LogP contribution in [0.3, 0.4) is 0 Å². The van der Waals surface area contributed by atoms with Gasteiger partial charge in [0.05, 0.1) is 12.7 Å². The Kier molecular flexibility index (Phi) is 9.11. The van der Waals surface area contributed by atoms with Gasteiger partial charge in [0.2, 0.25) is 0 Å². The van der Waals surface area contributed by atoms with Gasteiger partial charge in [-0.2, -0.15) is 0 Å². The summed E-state index contributed by atoms with van der Waals surface area (Å²) in [5, 5.41) is 19.6. The zero-order chi connectivity index (χ0) is 23.6. The van der Waals surface area contributed by atoms with Crippen LogP contribution in [0.4, 0.5) is 0 Å². The maximum absolute atomic E-state index is 10.9. The largest absolute Gasteiger partial charge is 0.480 e. The molecule has 0 heterocycles. The van der Waals surface area contributed by atoms with E-state index in [1.165, 1.54) is 12.0 Å². The van der Waals surface area contributed by atoms with Crippen LogP contribution in [-0.2, 0) is 9.53 Å². The van der Waals surface area contributed by atoms with E-state index in [2.05, 4.69) is 24.8 Å². The minimum atomic E-state index is -0.946. The normalized spacial score (nSPS) is 24.4. The van der Waals surface area contributed by atoms with Crippen molar-refractivity contribution in [3.8, 4) is 11.8 Å². The Morgan fingerprint density at radius 2 is 1.94 bits per heavy atom. The molecule has 176 valence electrons. The van der Waals surface area contributed by atoms with Crippen LogP contribution in [0.25, 0.3) is 0 Å². The van der Waals surface area contributed by atoms with Crippen LogP contribution in [0.15, 0.2) is 66.3 Å². The summed E-state index contributed by atoms with van der Waals surface area (Å²) in [7, 11) is 0. The highest BCUT2D eigenvalue weighted by Gasteiger charge is 2.41. The number of benzene rings is 1. The highest BCUT2D eigenvalue weighted by Crippen LogP contribution is 2.47. The second kappa shape index (κ2) is 12.0. The van der Waals surface area contributed by atoms with Crippen LogP contribution >= 0.6 is 0 Å². The van der Waals surface area contributed by atoms with Crippen LogP contribution < -0.4 is 0 Å². The van der Waals surface area contributed by atoms with E-state index in [0.29, 0.717) is 13.0 Å². The summed E-state index contributed by atoms with van der Waals surface area (Å²) in [5.41, 5.74) is 2.12. The minimum absolute atomic E-state index is 0.0601. The molecule has 2 saturated carbocycles. The third kappa shape index (κ3) is 7.19. The van der Waals surface area contributed by atoms with E-state index in [4.69, 9.17) is 9.84 Å². The Bertz CT molecular complexity index is 927. The predicted molar refractivity (Wildman–Crippen MR) is 132 cm³/mol. The average Bonchev–Trinajstić information content (AvgIpc) is 2.77. The highest BCUT2D eigenvalue weighted by atomic mass is 16.5. The Balaban J connectivity index is 1.58. The number of rotatable bonds is 9. The molecule has 2 atom stereocenters. The van der Waals surface area contributed by atoms with Gasteiger partial charge in [-0.25, -0.2) is 4.79 Å². The van der Waals surface area contributed by atoms with Gasteiger partial charge in [-0.3, -0.25) is 0 Å². The molecule has 1 aromatic rings. The average molecular weight is 449 g/mol. The van der Waals surface area contributed by atoms with Gasteiger partial charge < -0.3 is 14.9 Å². The van der Waals surface area contributed by atoms with Crippen molar-refractivity contribution < 1.29 is 19.7 Å². The third-order valence-electron chi connectivity index (χ3n) is 7.09. The van der Waals surface area contributed by atoms with Crippen molar-refractivity contribution in [1.29, 1.82) is 0 Å². The van der Waals surface area contributed by atoms with Crippen LogP contribution in [0.1, 0.15) is 63.9 Å². The number of hydrogen-bond donors (Lipinski definition) is 2. The molecule has 0 saturated heterocycles.